The molecule has 49 heavy (non-hydrogen) atoms. The summed E-state index contributed by atoms with van der Waals surface area (Å²) in [7, 11) is 0. The zero-order chi connectivity index (χ0) is 36.4. The summed E-state index contributed by atoms with van der Waals surface area (Å²) in [5.74, 6) is 0. The second-order valence-corrected chi connectivity index (χ2v) is 10.3. The van der Waals surface area contributed by atoms with Gasteiger partial charge in [0.2, 0.25) is 0 Å². The Morgan fingerprint density at radius 1 is 0.714 bits per heavy atom. The van der Waals surface area contributed by atoms with Gasteiger partial charge in [0.15, 0.2) is 50.3 Å². The lowest BCUT2D eigenvalue weighted by Crippen LogP contribution is -2.40. The highest BCUT2D eigenvalue weighted by Crippen LogP contribution is 2.04. The van der Waals surface area contributed by atoms with Crippen LogP contribution in [-0.2, 0) is 40.1 Å². The predicted molar refractivity (Wildman–Crippen MR) is 201 cm³/mol. The van der Waals surface area contributed by atoms with Gasteiger partial charge in [-0.15, -0.1) is 26.3 Å². The van der Waals surface area contributed by atoms with Gasteiger partial charge in [-0.3, -0.25) is 10.8 Å². The fourth-order valence-corrected chi connectivity index (χ4v) is 4.00. The molecule has 0 spiro atoms. The Balaban J connectivity index is 0.000000896. The van der Waals surface area contributed by atoms with Crippen molar-refractivity contribution in [3.63, 3.8) is 0 Å². The fraction of sp³-hybridized carbons (Fsp3) is 0.317. The first-order valence-electron chi connectivity index (χ1n) is 16.7. The minimum atomic E-state index is -0.581. The van der Waals surface area contributed by atoms with Gasteiger partial charge in [-0.25, -0.2) is 9.13 Å². The van der Waals surface area contributed by atoms with Crippen molar-refractivity contribution in [2.45, 2.75) is 58.7 Å². The van der Waals surface area contributed by atoms with E-state index in [2.05, 4.69) is 55.4 Å². The zero-order valence-corrected chi connectivity index (χ0v) is 29.7. The number of rotatable bonds is 24. The molecule has 264 valence electrons. The molecule has 0 bridgehead atoms. The van der Waals surface area contributed by atoms with Gasteiger partial charge in [-0.2, -0.15) is 0 Å². The molecule has 1 atom stereocenters. The SMILES string of the molecule is C=CCC(/C=C\OCC(O)C[n+]1ccc(CC=C)cc1)=C/C=[NH2+].C=CCC(/C=C\OCCOCC[n+]1ccc(CC=C)cc1)=C/C=[NH2+].CC. The lowest BCUT2D eigenvalue weighted by atomic mass is 10.2. The lowest BCUT2D eigenvalue weighted by Gasteiger charge is -2.07. The maximum atomic E-state index is 9.99. The van der Waals surface area contributed by atoms with Gasteiger partial charge in [0.25, 0.3) is 0 Å². The van der Waals surface area contributed by atoms with Crippen molar-refractivity contribution in [2.75, 3.05) is 26.4 Å². The van der Waals surface area contributed by atoms with E-state index >= 15 is 0 Å². The maximum absolute atomic E-state index is 9.99. The van der Waals surface area contributed by atoms with Gasteiger partial charge < -0.3 is 19.3 Å². The molecule has 0 aliphatic rings. The molecular weight excluding hydrogens is 612 g/mol. The van der Waals surface area contributed by atoms with Crippen LogP contribution in [0.4, 0.5) is 0 Å². The smallest absolute Gasteiger partial charge is 0.177 e. The van der Waals surface area contributed by atoms with Crippen LogP contribution in [0.15, 0.2) is 148 Å². The highest BCUT2D eigenvalue weighted by atomic mass is 16.5. The summed E-state index contributed by atoms with van der Waals surface area (Å²) in [5, 5.41) is 20.7. The molecule has 0 fully saturated rings. The summed E-state index contributed by atoms with van der Waals surface area (Å²) in [6, 6.07) is 8.24. The fourth-order valence-electron chi connectivity index (χ4n) is 4.00. The van der Waals surface area contributed by atoms with Gasteiger partial charge >= 0.3 is 0 Å². The van der Waals surface area contributed by atoms with Crippen molar-refractivity contribution < 1.29 is 39.3 Å². The van der Waals surface area contributed by atoms with E-state index in [-0.39, 0.29) is 6.61 Å². The molecule has 2 aromatic heterocycles. The highest BCUT2D eigenvalue weighted by Gasteiger charge is 2.10. The average Bonchev–Trinajstić information content (AvgIpc) is 3.11. The van der Waals surface area contributed by atoms with E-state index in [1.54, 1.807) is 24.7 Å². The third-order valence-electron chi connectivity index (χ3n) is 6.37. The van der Waals surface area contributed by atoms with Crippen LogP contribution in [0.5, 0.6) is 0 Å². The Morgan fingerprint density at radius 2 is 1.20 bits per heavy atom. The Hall–Kier alpha value is -4.92. The van der Waals surface area contributed by atoms with E-state index in [0.29, 0.717) is 32.8 Å². The number of hydrogen-bond donors (Lipinski definition) is 3. The number of nitrogens with zero attached hydrogens (tertiary/aromatic N) is 2. The van der Waals surface area contributed by atoms with Crippen LogP contribution >= 0.6 is 0 Å². The molecule has 0 aliphatic carbocycles. The Bertz CT molecular complexity index is 1330. The lowest BCUT2D eigenvalue weighted by molar-refractivity contribution is -0.703. The molecule has 8 nitrogen and oxygen atoms in total. The van der Waals surface area contributed by atoms with Gasteiger partial charge in [-0.05, 0) is 60.1 Å². The molecule has 2 rings (SSSR count). The highest BCUT2D eigenvalue weighted by molar-refractivity contribution is 5.67. The molecule has 0 radical (unpaired) electrons. The second kappa shape index (κ2) is 31.7. The summed E-state index contributed by atoms with van der Waals surface area (Å²) < 4.78 is 20.4. The summed E-state index contributed by atoms with van der Waals surface area (Å²) in [5.41, 5.74) is 4.50. The number of aliphatic hydroxyl groups excluding tert-OH is 1. The number of pyridine rings is 2. The molecule has 8 heteroatoms. The molecular formula is C41H60N4O4+4. The van der Waals surface area contributed by atoms with Crippen LogP contribution in [0, 0.1) is 0 Å². The first kappa shape index (κ1) is 44.1. The van der Waals surface area contributed by atoms with Gasteiger partial charge in [-0.1, -0.05) is 38.2 Å². The van der Waals surface area contributed by atoms with Crippen molar-refractivity contribution in [3.05, 3.63) is 159 Å². The first-order valence-corrected chi connectivity index (χ1v) is 16.7. The van der Waals surface area contributed by atoms with Crippen molar-refractivity contribution in [3.8, 4) is 0 Å². The van der Waals surface area contributed by atoms with Crippen molar-refractivity contribution >= 4 is 12.4 Å². The Morgan fingerprint density at radius 3 is 1.67 bits per heavy atom. The summed E-state index contributed by atoms with van der Waals surface area (Å²) in [6.45, 7) is 22.1. The molecule has 0 saturated carbocycles. The minimum absolute atomic E-state index is 0.228. The molecule has 0 aliphatic heterocycles. The van der Waals surface area contributed by atoms with Crippen LogP contribution < -0.4 is 20.0 Å². The molecule has 0 amide bonds. The minimum Gasteiger partial charge on any atom is -0.499 e. The normalized spacial score (nSPS) is 11.7. The third kappa shape index (κ3) is 24.0. The van der Waals surface area contributed by atoms with Crippen LogP contribution in [0.3, 0.4) is 0 Å². The third-order valence-corrected chi connectivity index (χ3v) is 6.37. The predicted octanol–water partition coefficient (Wildman–Crippen LogP) is 3.53. The van der Waals surface area contributed by atoms with Crippen molar-refractivity contribution in [1.29, 1.82) is 0 Å². The van der Waals surface area contributed by atoms with Crippen LogP contribution in [0.1, 0.15) is 37.8 Å². The van der Waals surface area contributed by atoms with Crippen LogP contribution in [0.25, 0.3) is 0 Å². The van der Waals surface area contributed by atoms with Gasteiger partial charge in [0.1, 0.15) is 25.9 Å². The quantitative estimate of drug-likeness (QED) is 0.0396. The maximum Gasteiger partial charge on any atom is 0.177 e. The summed E-state index contributed by atoms with van der Waals surface area (Å²) >= 11 is 0. The number of nitrogens with two attached hydrogens (primary N) is 2. The van der Waals surface area contributed by atoms with E-state index in [1.807, 2.05) is 79.4 Å². The second-order valence-electron chi connectivity index (χ2n) is 10.3. The van der Waals surface area contributed by atoms with Gasteiger partial charge in [0.05, 0.1) is 19.1 Å². The number of allylic oxidation sites excluding steroid dienone is 10. The largest absolute Gasteiger partial charge is 0.499 e. The van der Waals surface area contributed by atoms with E-state index in [4.69, 9.17) is 25.0 Å². The van der Waals surface area contributed by atoms with Crippen LogP contribution in [0.2, 0.25) is 0 Å². The topological polar surface area (TPSA) is 107 Å². The van der Waals surface area contributed by atoms with Crippen LogP contribution in [-0.4, -0.2) is 50.1 Å². The Kier molecular flexibility index (Phi) is 28.5. The number of aromatic nitrogens is 2. The molecule has 1 unspecified atom stereocenters. The molecule has 2 aromatic rings. The van der Waals surface area contributed by atoms with Crippen molar-refractivity contribution in [2.24, 2.45) is 0 Å². The number of ether oxygens (including phenoxy) is 3. The van der Waals surface area contributed by atoms with E-state index in [0.717, 1.165) is 37.0 Å². The molecule has 0 aromatic carbocycles. The monoisotopic (exact) mass is 672 g/mol. The molecule has 0 saturated heterocycles. The standard InChI is InChI=1S/C20H27N2O2.C19H25N2O2.C2H6/c1-3-5-19(7-11-21)10-15-23-17-18-24-16-14-22-12-8-20(6-4-2)9-13-22;1-3-5-17(7-11-20)10-14-23-16-19(22)15-21-12-8-18(6-4-2)9-13-21;1-2/h3-4,7-13,15,21H,1-2,5-6,14,16-18H2;3-4,7-14,19-20,22H,1-2,5-6,15-16H2;1-2H3/q2*+1;/p+2/b15-10-,19-7-,21-11?;14-10-,17-7-,20-11?;. The van der Waals surface area contributed by atoms with E-state index in [1.165, 1.54) is 23.6 Å². The molecule has 2 heterocycles. The van der Waals surface area contributed by atoms with E-state index < -0.39 is 6.10 Å². The van der Waals surface area contributed by atoms with E-state index in [9.17, 15) is 5.11 Å². The number of hydrogen-bond acceptors (Lipinski definition) is 4. The Labute approximate surface area is 295 Å². The zero-order valence-electron chi connectivity index (χ0n) is 29.7. The summed E-state index contributed by atoms with van der Waals surface area (Å²) in [4.78, 5) is 0. The van der Waals surface area contributed by atoms with Gasteiger partial charge in [0, 0.05) is 36.4 Å². The molecule has 5 N–H and O–H groups in total. The number of aliphatic hydroxyl groups is 1. The first-order chi connectivity index (χ1) is 24.0. The van der Waals surface area contributed by atoms with Crippen molar-refractivity contribution in [1.82, 2.24) is 0 Å². The average molecular weight is 673 g/mol. The summed E-state index contributed by atoms with van der Waals surface area (Å²) in [6.07, 6.45) is 31.6.